The Labute approximate surface area is 63.2 Å². The van der Waals surface area contributed by atoms with Crippen molar-refractivity contribution in [3.8, 4) is 0 Å². The predicted octanol–water partition coefficient (Wildman–Crippen LogP) is 2.56. The first-order chi connectivity index (χ1) is 4.84. The molecule has 0 heterocycles. The number of para-hydroxylation sites is 1. The summed E-state index contributed by atoms with van der Waals surface area (Å²) in [6.07, 6.45) is 0. The average molecular weight is 153 g/mol. The van der Waals surface area contributed by atoms with Crippen molar-refractivity contribution in [3.05, 3.63) is 30.1 Å². The van der Waals surface area contributed by atoms with Gasteiger partial charge in [-0.15, -0.1) is 0 Å². The fourth-order valence-corrected chi connectivity index (χ4v) is 0.690. The zero-order chi connectivity index (χ0) is 7.40. The summed E-state index contributed by atoms with van der Waals surface area (Å²) in [7, 11) is 0. The second-order valence-corrected chi connectivity index (χ2v) is 1.84. The summed E-state index contributed by atoms with van der Waals surface area (Å²) in [6.45, 7) is 0. The second-order valence-electron chi connectivity index (χ2n) is 1.65. The van der Waals surface area contributed by atoms with Crippen LogP contribution in [0.15, 0.2) is 29.3 Å². The van der Waals surface area contributed by atoms with Crippen molar-refractivity contribution < 1.29 is 4.39 Å². The summed E-state index contributed by atoms with van der Waals surface area (Å²) in [4.78, 5) is 3.50. The van der Waals surface area contributed by atoms with Gasteiger partial charge >= 0.3 is 0 Å². The van der Waals surface area contributed by atoms with E-state index in [2.05, 4.69) is 22.4 Å². The van der Waals surface area contributed by atoms with Gasteiger partial charge in [-0.3, -0.25) is 0 Å². The van der Waals surface area contributed by atoms with Crippen molar-refractivity contribution in [1.29, 1.82) is 0 Å². The first kappa shape index (κ1) is 7.06. The summed E-state index contributed by atoms with van der Waals surface area (Å²) >= 11 is 4.31. The van der Waals surface area contributed by atoms with Gasteiger partial charge in [0.25, 0.3) is 0 Å². The third kappa shape index (κ3) is 1.47. The van der Waals surface area contributed by atoms with Gasteiger partial charge in [0.15, 0.2) is 0 Å². The minimum absolute atomic E-state index is 0.234. The molecule has 10 heavy (non-hydrogen) atoms. The number of thiocarbonyl (C=S) groups is 1. The molecule has 3 heteroatoms. The molecule has 0 radical (unpaired) electrons. The van der Waals surface area contributed by atoms with Gasteiger partial charge in [0.1, 0.15) is 11.5 Å². The summed E-state index contributed by atoms with van der Waals surface area (Å²) in [5.74, 6) is -0.375. The topological polar surface area (TPSA) is 12.4 Å². The van der Waals surface area contributed by atoms with Crippen LogP contribution in [0.3, 0.4) is 0 Å². The van der Waals surface area contributed by atoms with E-state index in [0.717, 1.165) is 0 Å². The van der Waals surface area contributed by atoms with Gasteiger partial charge in [0.2, 0.25) is 0 Å². The molecule has 0 unspecified atom stereocenters. The van der Waals surface area contributed by atoms with Gasteiger partial charge in [-0.25, -0.2) is 4.39 Å². The van der Waals surface area contributed by atoms with Crippen LogP contribution in [0.4, 0.5) is 10.1 Å². The molecule has 0 N–H and O–H groups in total. The maximum Gasteiger partial charge on any atom is 0.149 e. The fraction of sp³-hybridized carbons (Fsp3) is 0. The third-order valence-electron chi connectivity index (χ3n) is 1.02. The zero-order valence-corrected chi connectivity index (χ0v) is 5.86. The van der Waals surface area contributed by atoms with E-state index in [-0.39, 0.29) is 11.5 Å². The fourth-order valence-electron chi connectivity index (χ4n) is 0.592. The molecule has 1 rings (SSSR count). The van der Waals surface area contributed by atoms with E-state index in [9.17, 15) is 4.39 Å². The summed E-state index contributed by atoms with van der Waals surface area (Å²) in [6, 6.07) is 6.15. The highest BCUT2D eigenvalue weighted by atomic mass is 32.1. The third-order valence-corrected chi connectivity index (χ3v) is 1.11. The van der Waals surface area contributed by atoms with Crippen LogP contribution >= 0.6 is 12.2 Å². The monoisotopic (exact) mass is 153 g/mol. The summed E-state index contributed by atoms with van der Waals surface area (Å²) in [5, 5.41) is 2.09. The van der Waals surface area contributed by atoms with E-state index in [1.54, 1.807) is 12.1 Å². The first-order valence-corrected chi connectivity index (χ1v) is 3.08. The number of rotatable bonds is 1. The number of halogens is 1. The van der Waals surface area contributed by atoms with Crippen molar-refractivity contribution >= 4 is 23.1 Å². The first-order valence-electron chi connectivity index (χ1n) is 2.67. The quantitative estimate of drug-likeness (QED) is 0.446. The molecule has 0 aliphatic carbocycles. The Morgan fingerprint density at radius 2 is 2.10 bits per heavy atom. The largest absolute Gasteiger partial charge is 0.205 e. The molecule has 0 saturated carbocycles. The van der Waals surface area contributed by atoms with Crippen molar-refractivity contribution in [2.75, 3.05) is 0 Å². The van der Waals surface area contributed by atoms with Crippen molar-refractivity contribution in [2.45, 2.75) is 0 Å². The van der Waals surface area contributed by atoms with Crippen molar-refractivity contribution in [2.24, 2.45) is 4.99 Å². The standard InChI is InChI=1S/C7H4FNS/c8-6-3-1-2-4-7(6)9-5-10/h1-4H. The van der Waals surface area contributed by atoms with E-state index < -0.39 is 0 Å². The molecule has 0 aromatic heterocycles. The Morgan fingerprint density at radius 1 is 1.40 bits per heavy atom. The molecular weight excluding hydrogens is 149 g/mol. The van der Waals surface area contributed by atoms with Gasteiger partial charge in [-0.1, -0.05) is 12.1 Å². The summed E-state index contributed by atoms with van der Waals surface area (Å²) < 4.78 is 12.6. The van der Waals surface area contributed by atoms with Gasteiger partial charge in [-0.2, -0.15) is 4.99 Å². The number of benzene rings is 1. The van der Waals surface area contributed by atoms with Gasteiger partial charge in [0.05, 0.1) is 5.16 Å². The molecule has 0 amide bonds. The van der Waals surface area contributed by atoms with Crippen LogP contribution in [0.1, 0.15) is 0 Å². The Bertz CT molecular complexity index is 279. The Balaban J connectivity index is 3.14. The smallest absolute Gasteiger partial charge is 0.149 e. The predicted molar refractivity (Wildman–Crippen MR) is 41.1 cm³/mol. The molecule has 1 nitrogen and oxygen atoms in total. The highest BCUT2D eigenvalue weighted by molar-refractivity contribution is 7.78. The number of hydrogen-bond donors (Lipinski definition) is 0. The van der Waals surface area contributed by atoms with E-state index in [0.29, 0.717) is 0 Å². The van der Waals surface area contributed by atoms with Crippen LogP contribution in [0, 0.1) is 5.82 Å². The minimum Gasteiger partial charge on any atom is -0.205 e. The lowest BCUT2D eigenvalue weighted by Crippen LogP contribution is -1.71. The normalized spacial score (nSPS) is 8.50. The zero-order valence-electron chi connectivity index (χ0n) is 5.04. The van der Waals surface area contributed by atoms with Gasteiger partial charge < -0.3 is 0 Å². The Morgan fingerprint density at radius 3 is 2.70 bits per heavy atom. The van der Waals surface area contributed by atoms with Crippen LogP contribution in [0.25, 0.3) is 0 Å². The molecule has 0 saturated heterocycles. The number of aliphatic imine (C=N–C) groups is 1. The van der Waals surface area contributed by atoms with Crippen LogP contribution in [0.5, 0.6) is 0 Å². The Hall–Kier alpha value is -1.05. The Kier molecular flexibility index (Phi) is 2.26. The lowest BCUT2D eigenvalue weighted by molar-refractivity contribution is 0.630. The SMILES string of the molecule is Fc1ccccc1N=C=S. The number of hydrogen-bond acceptors (Lipinski definition) is 2. The molecule has 0 fully saturated rings. The van der Waals surface area contributed by atoms with E-state index in [4.69, 9.17) is 0 Å². The van der Waals surface area contributed by atoms with Gasteiger partial charge in [-0.05, 0) is 24.4 Å². The second kappa shape index (κ2) is 3.20. The van der Waals surface area contributed by atoms with Crippen LogP contribution in [0.2, 0.25) is 0 Å². The molecule has 0 aliphatic heterocycles. The van der Waals surface area contributed by atoms with Crippen LogP contribution < -0.4 is 0 Å². The molecule has 1 aromatic carbocycles. The van der Waals surface area contributed by atoms with Gasteiger partial charge in [0, 0.05) is 0 Å². The lowest BCUT2D eigenvalue weighted by Gasteiger charge is -1.89. The average Bonchev–Trinajstić information content (AvgIpc) is 1.94. The lowest BCUT2D eigenvalue weighted by atomic mass is 10.3. The van der Waals surface area contributed by atoms with Crippen LogP contribution in [-0.4, -0.2) is 5.16 Å². The minimum atomic E-state index is -0.375. The molecule has 1 aromatic rings. The highest BCUT2D eigenvalue weighted by Crippen LogP contribution is 2.14. The molecule has 0 atom stereocenters. The van der Waals surface area contributed by atoms with Crippen molar-refractivity contribution in [1.82, 2.24) is 0 Å². The molecule has 0 aliphatic rings. The summed E-state index contributed by atoms with van der Waals surface area (Å²) in [5.41, 5.74) is 0.234. The van der Waals surface area contributed by atoms with Crippen molar-refractivity contribution in [3.63, 3.8) is 0 Å². The molecule has 0 bridgehead atoms. The van der Waals surface area contributed by atoms with E-state index in [1.807, 2.05) is 0 Å². The van der Waals surface area contributed by atoms with E-state index in [1.165, 1.54) is 12.1 Å². The maximum absolute atomic E-state index is 12.6. The number of nitrogens with zero attached hydrogens (tertiary/aromatic N) is 1. The molecule has 50 valence electrons. The van der Waals surface area contributed by atoms with Crippen LogP contribution in [-0.2, 0) is 0 Å². The van der Waals surface area contributed by atoms with E-state index >= 15 is 0 Å². The maximum atomic E-state index is 12.6. The molecular formula is C7H4FNS. The number of isothiocyanates is 1. The highest BCUT2D eigenvalue weighted by Gasteiger charge is 1.94. The molecule has 0 spiro atoms.